The Balaban J connectivity index is 3.36. The molecule has 0 saturated carbocycles. The quantitative estimate of drug-likeness (QED) is 0.783. The van der Waals surface area contributed by atoms with Crippen LogP contribution < -0.4 is 0 Å². The lowest BCUT2D eigenvalue weighted by Crippen LogP contribution is -2.21. The van der Waals surface area contributed by atoms with Crippen LogP contribution in [0.25, 0.3) is 0 Å². The molecule has 1 N–H and O–H groups in total. The number of nitrogens with zero attached hydrogens (tertiary/aromatic N) is 1. The maximum Gasteiger partial charge on any atom is 0.101 e. The van der Waals surface area contributed by atoms with E-state index in [1.807, 2.05) is 6.07 Å². The van der Waals surface area contributed by atoms with Crippen LogP contribution in [0.4, 0.5) is 0 Å². The maximum atomic E-state index is 9.98. The molecule has 1 aromatic rings. The fourth-order valence-electron chi connectivity index (χ4n) is 1.79. The third-order valence-corrected chi connectivity index (χ3v) is 2.36. The molecular formula is C12H19NO. The van der Waals surface area contributed by atoms with Gasteiger partial charge in [0, 0.05) is 6.20 Å². The molecule has 0 fully saturated rings. The van der Waals surface area contributed by atoms with Crippen molar-refractivity contribution in [1.29, 1.82) is 0 Å². The molecule has 0 spiro atoms. The van der Waals surface area contributed by atoms with Crippen LogP contribution in [0.2, 0.25) is 0 Å². The highest BCUT2D eigenvalue weighted by molar-refractivity contribution is 5.34. The van der Waals surface area contributed by atoms with Gasteiger partial charge in [0.05, 0.1) is 5.69 Å². The predicted molar refractivity (Wildman–Crippen MR) is 58.3 cm³/mol. The lowest BCUT2D eigenvalue weighted by molar-refractivity contribution is 0.0724. The second-order valence-electron chi connectivity index (χ2n) is 4.60. The molecule has 0 bridgehead atoms. The average Bonchev–Trinajstić information content (AvgIpc) is 2.01. The molecule has 0 aromatic carbocycles. The van der Waals surface area contributed by atoms with Gasteiger partial charge in [-0.2, -0.15) is 0 Å². The van der Waals surface area contributed by atoms with Crippen molar-refractivity contribution in [2.45, 2.75) is 46.1 Å². The van der Waals surface area contributed by atoms with E-state index in [0.717, 1.165) is 5.69 Å². The van der Waals surface area contributed by atoms with Crippen molar-refractivity contribution in [3.8, 4) is 0 Å². The number of aromatic nitrogens is 1. The van der Waals surface area contributed by atoms with E-state index < -0.39 is 5.60 Å². The maximum absolute atomic E-state index is 9.98. The highest BCUT2D eigenvalue weighted by Gasteiger charge is 2.23. The lowest BCUT2D eigenvalue weighted by Gasteiger charge is -2.23. The summed E-state index contributed by atoms with van der Waals surface area (Å²) in [4.78, 5) is 4.28. The Morgan fingerprint density at radius 3 is 2.29 bits per heavy atom. The molecule has 0 atom stereocenters. The van der Waals surface area contributed by atoms with Crippen molar-refractivity contribution in [3.63, 3.8) is 0 Å². The summed E-state index contributed by atoms with van der Waals surface area (Å²) in [6.07, 6.45) is 1.76. The van der Waals surface area contributed by atoms with E-state index in [9.17, 15) is 5.11 Å². The molecule has 0 aliphatic carbocycles. The Kier molecular flexibility index (Phi) is 2.95. The first kappa shape index (κ1) is 11.2. The van der Waals surface area contributed by atoms with E-state index in [-0.39, 0.29) is 0 Å². The monoisotopic (exact) mass is 193 g/mol. The van der Waals surface area contributed by atoms with Crippen LogP contribution in [0, 0.1) is 6.92 Å². The Morgan fingerprint density at radius 1 is 1.36 bits per heavy atom. The summed E-state index contributed by atoms with van der Waals surface area (Å²) in [5.41, 5.74) is 2.31. The first-order chi connectivity index (χ1) is 6.34. The summed E-state index contributed by atoms with van der Waals surface area (Å²) in [7, 11) is 0. The minimum atomic E-state index is -0.856. The summed E-state index contributed by atoms with van der Waals surface area (Å²) in [6, 6.07) is 1.99. The molecule has 0 amide bonds. The zero-order valence-corrected chi connectivity index (χ0v) is 9.63. The third kappa shape index (κ3) is 2.13. The minimum absolute atomic E-state index is 0.394. The van der Waals surface area contributed by atoms with Gasteiger partial charge in [-0.25, -0.2) is 0 Å². The van der Waals surface area contributed by atoms with Crippen molar-refractivity contribution in [2.75, 3.05) is 0 Å². The largest absolute Gasteiger partial charge is 0.384 e. The lowest BCUT2D eigenvalue weighted by atomic mass is 9.90. The first-order valence-electron chi connectivity index (χ1n) is 5.02. The molecule has 0 aliphatic heterocycles. The Morgan fingerprint density at radius 2 is 1.93 bits per heavy atom. The third-order valence-electron chi connectivity index (χ3n) is 2.36. The van der Waals surface area contributed by atoms with Gasteiger partial charge in [-0.3, -0.25) is 4.98 Å². The van der Waals surface area contributed by atoms with Crippen LogP contribution in [0.1, 0.15) is 50.4 Å². The van der Waals surface area contributed by atoms with Gasteiger partial charge in [-0.15, -0.1) is 0 Å². The predicted octanol–water partition coefficient (Wildman–Crippen LogP) is 2.74. The molecule has 0 unspecified atom stereocenters. The fourth-order valence-corrected chi connectivity index (χ4v) is 1.79. The summed E-state index contributed by atoms with van der Waals surface area (Å²) < 4.78 is 0. The summed E-state index contributed by atoms with van der Waals surface area (Å²) in [5.74, 6) is 0.394. The number of hydrogen-bond acceptors (Lipinski definition) is 2. The van der Waals surface area contributed by atoms with Crippen LogP contribution in [0.3, 0.4) is 0 Å². The number of aryl methyl sites for hydroxylation is 1. The normalized spacial score (nSPS) is 12.2. The van der Waals surface area contributed by atoms with E-state index in [2.05, 4.69) is 25.8 Å². The second-order valence-corrected chi connectivity index (χ2v) is 4.60. The summed E-state index contributed by atoms with van der Waals surface area (Å²) in [5, 5.41) is 9.98. The standard InChI is InChI=1S/C12H19NO/c1-8(2)10-9(3)6-7-13-11(10)12(4,5)14/h6-8,14H,1-5H3. The van der Waals surface area contributed by atoms with Crippen molar-refractivity contribution in [3.05, 3.63) is 29.1 Å². The smallest absolute Gasteiger partial charge is 0.101 e. The Labute approximate surface area is 86.0 Å². The Hall–Kier alpha value is -0.890. The molecule has 1 heterocycles. The highest BCUT2D eigenvalue weighted by atomic mass is 16.3. The van der Waals surface area contributed by atoms with Crippen LogP contribution in [-0.4, -0.2) is 10.1 Å². The van der Waals surface area contributed by atoms with E-state index in [0.29, 0.717) is 5.92 Å². The molecule has 0 radical (unpaired) electrons. The van der Waals surface area contributed by atoms with E-state index in [4.69, 9.17) is 0 Å². The van der Waals surface area contributed by atoms with Gasteiger partial charge in [0.25, 0.3) is 0 Å². The summed E-state index contributed by atoms with van der Waals surface area (Å²) >= 11 is 0. The number of rotatable bonds is 2. The van der Waals surface area contributed by atoms with Gasteiger partial charge in [0.2, 0.25) is 0 Å². The van der Waals surface area contributed by atoms with Crippen LogP contribution in [0.5, 0.6) is 0 Å². The first-order valence-corrected chi connectivity index (χ1v) is 5.02. The molecule has 0 saturated heterocycles. The van der Waals surface area contributed by atoms with E-state index >= 15 is 0 Å². The Bertz CT molecular complexity index is 324. The molecular weight excluding hydrogens is 174 g/mol. The van der Waals surface area contributed by atoms with Gasteiger partial charge in [0.1, 0.15) is 5.60 Å². The molecule has 0 aliphatic rings. The molecule has 2 nitrogen and oxygen atoms in total. The molecule has 1 rings (SSSR count). The van der Waals surface area contributed by atoms with Gasteiger partial charge >= 0.3 is 0 Å². The number of aliphatic hydroxyl groups is 1. The van der Waals surface area contributed by atoms with Crippen LogP contribution in [0.15, 0.2) is 12.3 Å². The second kappa shape index (κ2) is 3.70. The van der Waals surface area contributed by atoms with Gasteiger partial charge < -0.3 is 5.11 Å². The van der Waals surface area contributed by atoms with Gasteiger partial charge in [0.15, 0.2) is 0 Å². The van der Waals surface area contributed by atoms with Crippen molar-refractivity contribution < 1.29 is 5.11 Å². The summed E-state index contributed by atoms with van der Waals surface area (Å²) in [6.45, 7) is 9.87. The van der Waals surface area contributed by atoms with Gasteiger partial charge in [-0.05, 0) is 43.9 Å². The van der Waals surface area contributed by atoms with E-state index in [1.165, 1.54) is 11.1 Å². The topological polar surface area (TPSA) is 33.1 Å². The van der Waals surface area contributed by atoms with Crippen molar-refractivity contribution in [2.24, 2.45) is 0 Å². The molecule has 1 aromatic heterocycles. The highest BCUT2D eigenvalue weighted by Crippen LogP contribution is 2.29. The zero-order valence-electron chi connectivity index (χ0n) is 9.63. The average molecular weight is 193 g/mol. The van der Waals surface area contributed by atoms with E-state index in [1.54, 1.807) is 20.0 Å². The fraction of sp³-hybridized carbons (Fsp3) is 0.583. The number of hydrogen-bond donors (Lipinski definition) is 1. The van der Waals surface area contributed by atoms with Gasteiger partial charge in [-0.1, -0.05) is 13.8 Å². The van der Waals surface area contributed by atoms with Crippen molar-refractivity contribution in [1.82, 2.24) is 4.98 Å². The van der Waals surface area contributed by atoms with Crippen LogP contribution in [-0.2, 0) is 5.60 Å². The molecule has 14 heavy (non-hydrogen) atoms. The van der Waals surface area contributed by atoms with Crippen LogP contribution >= 0.6 is 0 Å². The molecule has 78 valence electrons. The minimum Gasteiger partial charge on any atom is -0.384 e. The zero-order chi connectivity index (χ0) is 10.9. The van der Waals surface area contributed by atoms with Crippen molar-refractivity contribution >= 4 is 0 Å². The number of pyridine rings is 1. The molecule has 2 heteroatoms. The SMILES string of the molecule is Cc1ccnc(C(C)(C)O)c1C(C)C.